The fourth-order valence-corrected chi connectivity index (χ4v) is 1.94. The van der Waals surface area contributed by atoms with Crippen molar-refractivity contribution in [1.29, 1.82) is 0 Å². The van der Waals surface area contributed by atoms with Gasteiger partial charge in [-0.3, -0.25) is 4.79 Å². The van der Waals surface area contributed by atoms with Gasteiger partial charge in [-0.15, -0.1) is 0 Å². The van der Waals surface area contributed by atoms with Crippen molar-refractivity contribution in [2.45, 2.75) is 12.1 Å². The normalized spacial score (nSPS) is 45.1. The highest BCUT2D eigenvalue weighted by Crippen LogP contribution is 2.34. The third kappa shape index (κ3) is 0.750. The molecule has 0 spiro atoms. The Morgan fingerprint density at radius 2 is 2.42 bits per heavy atom. The lowest BCUT2D eigenvalue weighted by atomic mass is 9.78. The van der Waals surface area contributed by atoms with E-state index in [1.54, 1.807) is 0 Å². The summed E-state index contributed by atoms with van der Waals surface area (Å²) >= 11 is 0. The summed E-state index contributed by atoms with van der Waals surface area (Å²) in [6.07, 6.45) is 0. The van der Waals surface area contributed by atoms with Crippen LogP contribution in [0.25, 0.3) is 0 Å². The molecule has 0 bridgehead atoms. The second-order valence-electron chi connectivity index (χ2n) is 3.47. The summed E-state index contributed by atoms with van der Waals surface area (Å²) in [6.45, 7) is 0.185. The van der Waals surface area contributed by atoms with Gasteiger partial charge in [0, 0.05) is 25.2 Å². The summed E-state index contributed by atoms with van der Waals surface area (Å²) in [5, 5.41) is 14.8. The molecule has 2 saturated heterocycles. The van der Waals surface area contributed by atoms with Gasteiger partial charge in [-0.2, -0.15) is 0 Å². The fraction of sp³-hybridized carbons (Fsp3) is 0.857. The quantitative estimate of drug-likeness (QED) is 0.501. The van der Waals surface area contributed by atoms with Crippen molar-refractivity contribution in [3.8, 4) is 0 Å². The summed E-state index contributed by atoms with van der Waals surface area (Å²) in [5.41, 5.74) is -1.22. The van der Waals surface area contributed by atoms with E-state index in [9.17, 15) is 9.18 Å². The Balaban J connectivity index is 2.22. The van der Waals surface area contributed by atoms with E-state index in [-0.39, 0.29) is 18.6 Å². The Morgan fingerprint density at radius 3 is 2.67 bits per heavy atom. The number of hydrogen-bond donors (Lipinski definition) is 3. The summed E-state index contributed by atoms with van der Waals surface area (Å²) in [5.74, 6) is -1.04. The first-order valence-electron chi connectivity index (χ1n) is 3.97. The van der Waals surface area contributed by atoms with Crippen LogP contribution in [-0.2, 0) is 4.79 Å². The zero-order chi connectivity index (χ0) is 8.77. The van der Waals surface area contributed by atoms with Crippen LogP contribution in [0.5, 0.6) is 0 Å². The molecule has 3 unspecified atom stereocenters. The number of fused-ring (bicyclic) bond motifs is 1. The van der Waals surface area contributed by atoms with E-state index in [1.165, 1.54) is 0 Å². The van der Waals surface area contributed by atoms with Gasteiger partial charge in [0.2, 0.25) is 0 Å². The molecule has 5 heteroatoms. The number of alkyl halides is 1. The summed E-state index contributed by atoms with van der Waals surface area (Å²) in [6, 6.07) is -0.0724. The molecule has 2 heterocycles. The van der Waals surface area contributed by atoms with E-state index in [0.717, 1.165) is 6.54 Å². The van der Waals surface area contributed by atoms with Gasteiger partial charge in [0.15, 0.2) is 0 Å². The van der Waals surface area contributed by atoms with Gasteiger partial charge in [-0.1, -0.05) is 0 Å². The molecular formula is C7H11FN2O2. The van der Waals surface area contributed by atoms with E-state index in [4.69, 9.17) is 5.11 Å². The van der Waals surface area contributed by atoms with Gasteiger partial charge in [-0.05, 0) is 0 Å². The monoisotopic (exact) mass is 174 g/mol. The van der Waals surface area contributed by atoms with Crippen LogP contribution >= 0.6 is 0 Å². The molecule has 3 atom stereocenters. The molecule has 0 saturated carbocycles. The summed E-state index contributed by atoms with van der Waals surface area (Å²) in [4.78, 5) is 10.8. The van der Waals surface area contributed by atoms with Crippen molar-refractivity contribution in [3.63, 3.8) is 0 Å². The topological polar surface area (TPSA) is 61.4 Å². The Bertz CT molecular complexity index is 223. The van der Waals surface area contributed by atoms with Crippen LogP contribution < -0.4 is 10.6 Å². The van der Waals surface area contributed by atoms with Gasteiger partial charge in [0.05, 0.1) is 0 Å². The molecule has 0 amide bonds. The second-order valence-corrected chi connectivity index (χ2v) is 3.47. The van der Waals surface area contributed by atoms with E-state index >= 15 is 0 Å². The van der Waals surface area contributed by atoms with Crippen molar-refractivity contribution in [2.75, 3.05) is 19.8 Å². The third-order valence-electron chi connectivity index (χ3n) is 2.90. The number of halogens is 1. The minimum absolute atomic E-state index is 0.150. The predicted molar refractivity (Wildman–Crippen MR) is 39.6 cm³/mol. The van der Waals surface area contributed by atoms with Gasteiger partial charge in [-0.25, -0.2) is 4.39 Å². The molecule has 68 valence electrons. The molecule has 0 aromatic heterocycles. The molecule has 2 aliphatic heterocycles. The van der Waals surface area contributed by atoms with Crippen molar-refractivity contribution >= 4 is 5.97 Å². The van der Waals surface area contributed by atoms with Gasteiger partial charge >= 0.3 is 5.97 Å². The third-order valence-corrected chi connectivity index (χ3v) is 2.90. The molecule has 2 aliphatic rings. The van der Waals surface area contributed by atoms with Crippen molar-refractivity contribution in [3.05, 3.63) is 0 Å². The Hall–Kier alpha value is -0.680. The van der Waals surface area contributed by atoms with Crippen LogP contribution in [0.2, 0.25) is 0 Å². The lowest BCUT2D eigenvalue weighted by Gasteiger charge is -2.38. The van der Waals surface area contributed by atoms with Crippen LogP contribution in [0.3, 0.4) is 0 Å². The van der Waals surface area contributed by atoms with Crippen LogP contribution in [-0.4, -0.2) is 42.9 Å². The first kappa shape index (κ1) is 7.94. The number of carboxylic acid groups (broad SMARTS) is 1. The van der Waals surface area contributed by atoms with E-state index in [1.807, 2.05) is 0 Å². The number of hydrogen-bond acceptors (Lipinski definition) is 3. The highest BCUT2D eigenvalue weighted by atomic mass is 19.1. The molecule has 12 heavy (non-hydrogen) atoms. The molecule has 0 aromatic rings. The number of rotatable bonds is 2. The fourth-order valence-electron chi connectivity index (χ4n) is 1.94. The maximum Gasteiger partial charge on any atom is 0.315 e. The highest BCUT2D eigenvalue weighted by Gasteiger charge is 2.57. The van der Waals surface area contributed by atoms with Gasteiger partial charge < -0.3 is 15.7 Å². The lowest BCUT2D eigenvalue weighted by molar-refractivity contribution is -0.151. The maximum absolute atomic E-state index is 12.6. The second kappa shape index (κ2) is 2.40. The molecular weight excluding hydrogens is 163 g/mol. The average molecular weight is 174 g/mol. The smallest absolute Gasteiger partial charge is 0.315 e. The van der Waals surface area contributed by atoms with Crippen molar-refractivity contribution in [2.24, 2.45) is 5.41 Å². The van der Waals surface area contributed by atoms with E-state index < -0.39 is 18.1 Å². The number of nitrogens with one attached hydrogen (secondary N) is 2. The van der Waals surface area contributed by atoms with Crippen LogP contribution in [0.4, 0.5) is 4.39 Å². The molecule has 0 radical (unpaired) electrons. The number of aliphatic carboxylic acids is 1. The molecule has 0 aromatic carbocycles. The molecule has 2 fully saturated rings. The standard InChI is InChI=1S/C7H11FN2O2/c8-2-7(6(11)12)3-10-4-1-9-5(4)7/h4-5,9-10H,1-3H2,(H,11,12). The Labute approximate surface area is 69.1 Å². The van der Waals surface area contributed by atoms with Gasteiger partial charge in [0.1, 0.15) is 12.1 Å². The predicted octanol–water partition coefficient (Wildman–Crippen LogP) is -1.03. The molecule has 3 N–H and O–H groups in total. The SMILES string of the molecule is O=C(O)C1(CF)CNC2CNC21. The highest BCUT2D eigenvalue weighted by molar-refractivity contribution is 5.77. The largest absolute Gasteiger partial charge is 0.481 e. The van der Waals surface area contributed by atoms with Crippen LogP contribution in [0, 0.1) is 5.41 Å². The Morgan fingerprint density at radius 1 is 1.67 bits per heavy atom. The number of carbonyl (C=O) groups is 1. The number of carboxylic acids is 1. The van der Waals surface area contributed by atoms with Crippen LogP contribution in [0.1, 0.15) is 0 Å². The minimum Gasteiger partial charge on any atom is -0.481 e. The Kier molecular flexibility index (Phi) is 1.59. The summed E-state index contributed by atoms with van der Waals surface area (Å²) < 4.78 is 12.6. The van der Waals surface area contributed by atoms with Crippen LogP contribution in [0.15, 0.2) is 0 Å². The first-order valence-corrected chi connectivity index (χ1v) is 3.97. The van der Waals surface area contributed by atoms with Gasteiger partial charge in [0.25, 0.3) is 0 Å². The van der Waals surface area contributed by atoms with E-state index in [2.05, 4.69) is 10.6 Å². The zero-order valence-electron chi connectivity index (χ0n) is 6.51. The first-order chi connectivity index (χ1) is 5.70. The van der Waals surface area contributed by atoms with Crippen molar-refractivity contribution in [1.82, 2.24) is 10.6 Å². The molecule has 0 aliphatic carbocycles. The minimum atomic E-state index is -1.22. The average Bonchev–Trinajstić information content (AvgIpc) is 2.23. The summed E-state index contributed by atoms with van der Waals surface area (Å²) in [7, 11) is 0. The van der Waals surface area contributed by atoms with E-state index in [0.29, 0.717) is 0 Å². The molecule has 2 rings (SSSR count). The van der Waals surface area contributed by atoms with Crippen molar-refractivity contribution < 1.29 is 14.3 Å². The lowest BCUT2D eigenvalue weighted by Crippen LogP contribution is -2.65. The maximum atomic E-state index is 12.6. The molecule has 4 nitrogen and oxygen atoms in total. The zero-order valence-corrected chi connectivity index (χ0v) is 6.51.